The first-order chi connectivity index (χ1) is 13.0. The molecular weight excluding hydrogens is 366 g/mol. The number of carbonyl (C=O) groups is 3. The highest BCUT2D eigenvalue weighted by Crippen LogP contribution is 2.21. The minimum absolute atomic E-state index is 0.129. The van der Waals surface area contributed by atoms with E-state index in [4.69, 9.17) is 11.6 Å². The highest BCUT2D eigenvalue weighted by molar-refractivity contribution is 6.31. The van der Waals surface area contributed by atoms with Crippen LogP contribution < -0.4 is 10.6 Å². The summed E-state index contributed by atoms with van der Waals surface area (Å²) >= 11 is 5.98. The van der Waals surface area contributed by atoms with Crippen LogP contribution in [-0.2, 0) is 9.59 Å². The molecule has 6 nitrogen and oxygen atoms in total. The first-order valence-corrected chi connectivity index (χ1v) is 9.03. The maximum atomic E-state index is 12.8. The van der Waals surface area contributed by atoms with Gasteiger partial charge in [-0.2, -0.15) is 0 Å². The molecule has 140 valence electrons. The number of carbonyl (C=O) groups excluding carboxylic acids is 3. The zero-order valence-corrected chi connectivity index (χ0v) is 15.6. The minimum atomic E-state index is -0.856. The monoisotopic (exact) mass is 385 g/mol. The van der Waals surface area contributed by atoms with Crippen LogP contribution in [0.1, 0.15) is 22.3 Å². The molecule has 1 saturated heterocycles. The summed E-state index contributed by atoms with van der Waals surface area (Å²) in [5.74, 6) is -0.945. The molecule has 7 heteroatoms. The molecule has 2 N–H and O–H groups in total. The minimum Gasteiger partial charge on any atom is -0.353 e. The molecule has 1 atom stereocenters. The lowest BCUT2D eigenvalue weighted by Crippen LogP contribution is -2.58. The largest absolute Gasteiger partial charge is 0.353 e. The Kier molecular flexibility index (Phi) is 5.76. The Bertz CT molecular complexity index is 870. The molecule has 1 fully saturated rings. The van der Waals surface area contributed by atoms with Crippen molar-refractivity contribution in [2.24, 2.45) is 0 Å². The Morgan fingerprint density at radius 1 is 1.22 bits per heavy atom. The Hall–Kier alpha value is -2.86. The van der Waals surface area contributed by atoms with E-state index < -0.39 is 6.04 Å². The van der Waals surface area contributed by atoms with Gasteiger partial charge in [-0.1, -0.05) is 35.9 Å². The van der Waals surface area contributed by atoms with E-state index in [1.54, 1.807) is 42.5 Å². The lowest BCUT2D eigenvalue weighted by atomic mass is 10.1. The Morgan fingerprint density at radius 3 is 2.70 bits per heavy atom. The average molecular weight is 386 g/mol. The van der Waals surface area contributed by atoms with Crippen molar-refractivity contribution >= 4 is 35.0 Å². The molecule has 0 spiro atoms. The topological polar surface area (TPSA) is 78.5 Å². The van der Waals surface area contributed by atoms with Gasteiger partial charge in [0.2, 0.25) is 11.8 Å². The van der Waals surface area contributed by atoms with Crippen molar-refractivity contribution in [1.29, 1.82) is 0 Å². The molecule has 0 aliphatic carbocycles. The number of piperazine rings is 1. The number of halogens is 1. The van der Waals surface area contributed by atoms with E-state index in [-0.39, 0.29) is 24.1 Å². The van der Waals surface area contributed by atoms with Crippen LogP contribution in [0.3, 0.4) is 0 Å². The van der Waals surface area contributed by atoms with Gasteiger partial charge in [-0.15, -0.1) is 0 Å². The van der Waals surface area contributed by atoms with Crippen molar-refractivity contribution in [3.05, 3.63) is 64.7 Å². The fourth-order valence-electron chi connectivity index (χ4n) is 3.01. The van der Waals surface area contributed by atoms with Gasteiger partial charge in [0.1, 0.15) is 6.04 Å². The van der Waals surface area contributed by atoms with Crippen LogP contribution in [0.25, 0.3) is 0 Å². The van der Waals surface area contributed by atoms with Gasteiger partial charge < -0.3 is 15.5 Å². The predicted molar refractivity (Wildman–Crippen MR) is 104 cm³/mol. The smallest absolute Gasteiger partial charge is 0.254 e. The predicted octanol–water partition coefficient (Wildman–Crippen LogP) is 2.62. The number of aryl methyl sites for hydroxylation is 1. The first-order valence-electron chi connectivity index (χ1n) is 8.65. The fourth-order valence-corrected chi connectivity index (χ4v) is 3.19. The molecule has 3 amide bonds. The summed E-state index contributed by atoms with van der Waals surface area (Å²) in [5.41, 5.74) is 1.94. The summed E-state index contributed by atoms with van der Waals surface area (Å²) in [6.45, 7) is 2.57. The number of benzene rings is 2. The van der Waals surface area contributed by atoms with Crippen LogP contribution in [0.2, 0.25) is 5.02 Å². The average Bonchev–Trinajstić information content (AvgIpc) is 2.66. The van der Waals surface area contributed by atoms with E-state index in [1.807, 2.05) is 13.0 Å². The summed E-state index contributed by atoms with van der Waals surface area (Å²) in [7, 11) is 0. The lowest BCUT2D eigenvalue weighted by Gasteiger charge is -2.34. The third-order valence-corrected chi connectivity index (χ3v) is 4.70. The third kappa shape index (κ3) is 4.46. The van der Waals surface area contributed by atoms with Crippen LogP contribution in [0.15, 0.2) is 48.5 Å². The number of nitrogens with zero attached hydrogens (tertiary/aromatic N) is 1. The summed E-state index contributed by atoms with van der Waals surface area (Å²) in [4.78, 5) is 39.1. The van der Waals surface area contributed by atoms with Crippen molar-refractivity contribution in [3.63, 3.8) is 0 Å². The molecule has 1 aliphatic rings. The van der Waals surface area contributed by atoms with Gasteiger partial charge in [-0.25, -0.2) is 0 Å². The van der Waals surface area contributed by atoms with Crippen molar-refractivity contribution in [2.45, 2.75) is 19.4 Å². The summed E-state index contributed by atoms with van der Waals surface area (Å²) in [6.07, 6.45) is -0.129. The number of hydrogen-bond acceptors (Lipinski definition) is 3. The molecule has 0 bridgehead atoms. The molecule has 0 radical (unpaired) electrons. The van der Waals surface area contributed by atoms with Gasteiger partial charge in [-0.3, -0.25) is 14.4 Å². The van der Waals surface area contributed by atoms with Crippen LogP contribution in [-0.4, -0.2) is 41.8 Å². The van der Waals surface area contributed by atoms with Crippen LogP contribution in [0, 0.1) is 6.92 Å². The fraction of sp³-hybridized carbons (Fsp3) is 0.250. The first kappa shape index (κ1) is 18.9. The zero-order valence-electron chi connectivity index (χ0n) is 14.9. The van der Waals surface area contributed by atoms with Gasteiger partial charge in [0.25, 0.3) is 5.91 Å². The van der Waals surface area contributed by atoms with Gasteiger partial charge in [0, 0.05) is 29.4 Å². The molecule has 0 aromatic heterocycles. The maximum Gasteiger partial charge on any atom is 0.254 e. The molecule has 2 aromatic carbocycles. The van der Waals surface area contributed by atoms with Gasteiger partial charge in [0.05, 0.1) is 6.42 Å². The van der Waals surface area contributed by atoms with Crippen LogP contribution in [0.4, 0.5) is 5.69 Å². The maximum absolute atomic E-state index is 12.8. The third-order valence-electron chi connectivity index (χ3n) is 4.46. The second-order valence-electron chi connectivity index (χ2n) is 6.38. The highest BCUT2D eigenvalue weighted by atomic mass is 35.5. The standard InChI is InChI=1S/C20H20ClN3O3/c1-13-7-8-15(21)11-16(13)23-18(25)12-17-19(26)22-9-10-24(17)20(27)14-5-3-2-4-6-14/h2-8,11,17H,9-10,12H2,1H3,(H,22,26)(H,23,25). The van der Waals surface area contributed by atoms with Crippen molar-refractivity contribution in [1.82, 2.24) is 10.2 Å². The van der Waals surface area contributed by atoms with Gasteiger partial charge in [-0.05, 0) is 36.8 Å². The quantitative estimate of drug-likeness (QED) is 0.849. The normalized spacial score (nSPS) is 16.6. The van der Waals surface area contributed by atoms with Crippen LogP contribution in [0.5, 0.6) is 0 Å². The number of hydrogen-bond donors (Lipinski definition) is 2. The molecule has 2 aromatic rings. The molecule has 0 saturated carbocycles. The molecule has 27 heavy (non-hydrogen) atoms. The number of amides is 3. The van der Waals surface area contributed by atoms with E-state index in [9.17, 15) is 14.4 Å². The highest BCUT2D eigenvalue weighted by Gasteiger charge is 2.35. The number of nitrogens with one attached hydrogen (secondary N) is 2. The van der Waals surface area contributed by atoms with Gasteiger partial charge in [0.15, 0.2) is 0 Å². The lowest BCUT2D eigenvalue weighted by molar-refractivity contribution is -0.131. The Balaban J connectivity index is 1.75. The summed E-state index contributed by atoms with van der Waals surface area (Å²) in [6, 6.07) is 13.1. The van der Waals surface area contributed by atoms with Crippen molar-refractivity contribution in [3.8, 4) is 0 Å². The molecule has 1 unspecified atom stereocenters. The Morgan fingerprint density at radius 2 is 1.96 bits per heavy atom. The number of anilines is 1. The zero-order chi connectivity index (χ0) is 19.4. The van der Waals surface area contributed by atoms with E-state index in [2.05, 4.69) is 10.6 Å². The molecule has 1 heterocycles. The number of rotatable bonds is 4. The summed E-state index contributed by atoms with van der Waals surface area (Å²) < 4.78 is 0. The second-order valence-corrected chi connectivity index (χ2v) is 6.82. The van der Waals surface area contributed by atoms with E-state index >= 15 is 0 Å². The molecular formula is C20H20ClN3O3. The van der Waals surface area contributed by atoms with Crippen LogP contribution >= 0.6 is 11.6 Å². The molecule has 3 rings (SSSR count). The SMILES string of the molecule is Cc1ccc(Cl)cc1NC(=O)CC1C(=O)NCCN1C(=O)c1ccccc1. The van der Waals surface area contributed by atoms with Crippen molar-refractivity contribution in [2.75, 3.05) is 18.4 Å². The van der Waals surface area contributed by atoms with E-state index in [1.165, 1.54) is 4.90 Å². The second kappa shape index (κ2) is 8.22. The van der Waals surface area contributed by atoms with Gasteiger partial charge >= 0.3 is 0 Å². The van der Waals surface area contributed by atoms with E-state index in [0.29, 0.717) is 29.4 Å². The molecule has 1 aliphatic heterocycles. The Labute approximate surface area is 162 Å². The van der Waals surface area contributed by atoms with E-state index in [0.717, 1.165) is 5.56 Å². The summed E-state index contributed by atoms with van der Waals surface area (Å²) in [5, 5.41) is 6.01. The van der Waals surface area contributed by atoms with Crippen molar-refractivity contribution < 1.29 is 14.4 Å².